The first kappa shape index (κ1) is 26.8. The minimum atomic E-state index is -0.925. The highest BCUT2D eigenvalue weighted by Gasteiger charge is 2.48. The first-order chi connectivity index (χ1) is 19.3. The van der Waals surface area contributed by atoms with Crippen LogP contribution in [0.2, 0.25) is 0 Å². The Morgan fingerprint density at radius 1 is 0.250 bits per heavy atom. The van der Waals surface area contributed by atoms with Crippen molar-refractivity contribution in [1.82, 2.24) is 0 Å². The van der Waals surface area contributed by atoms with Crippen molar-refractivity contribution in [3.63, 3.8) is 0 Å². The van der Waals surface area contributed by atoms with E-state index in [-0.39, 0.29) is 4.70 Å². The number of benzene rings is 6. The molecule has 0 heterocycles. The summed E-state index contributed by atoms with van der Waals surface area (Å²) in [4.78, 5) is 0. The monoisotopic (exact) mass is 522 g/mol. The van der Waals surface area contributed by atoms with Gasteiger partial charge < -0.3 is 4.74 Å². The van der Waals surface area contributed by atoms with Crippen molar-refractivity contribution in [2.45, 2.75) is 11.2 Å². The maximum Gasteiger partial charge on any atom is 0.145 e. The third kappa shape index (κ3) is 4.75. The summed E-state index contributed by atoms with van der Waals surface area (Å²) >= 11 is 0. The summed E-state index contributed by atoms with van der Waals surface area (Å²) in [6.45, 7) is 0. The fourth-order valence-electron chi connectivity index (χ4n) is 5.62. The maximum atomic E-state index is 7.94. The van der Waals surface area contributed by atoms with Gasteiger partial charge in [0.2, 0.25) is 0 Å². The summed E-state index contributed by atoms with van der Waals surface area (Å²) < 4.78 is 7.94. The Morgan fingerprint density at radius 2 is 0.400 bits per heavy atom. The predicted octanol–water partition coefficient (Wildman–Crippen LogP) is 9.14. The third-order valence-corrected chi connectivity index (χ3v) is 7.39. The highest BCUT2D eigenvalue weighted by Crippen LogP contribution is 2.51. The number of hydrogen-bond donors (Lipinski definition) is 0. The van der Waals surface area contributed by atoms with E-state index in [4.69, 9.17) is 4.74 Å². The van der Waals surface area contributed by atoms with Crippen LogP contribution < -0.4 is 0 Å². The van der Waals surface area contributed by atoms with Gasteiger partial charge in [-0.1, -0.05) is 182 Å². The van der Waals surface area contributed by atoms with Crippen molar-refractivity contribution in [2.75, 3.05) is 0 Å². The van der Waals surface area contributed by atoms with Crippen LogP contribution in [0, 0.1) is 0 Å². The van der Waals surface area contributed by atoms with E-state index in [0.717, 1.165) is 33.4 Å². The van der Waals surface area contributed by atoms with Crippen molar-refractivity contribution in [1.29, 1.82) is 0 Å². The van der Waals surface area contributed by atoms with E-state index in [1.165, 1.54) is 0 Å². The van der Waals surface area contributed by atoms with Crippen molar-refractivity contribution in [3.8, 4) is 0 Å². The van der Waals surface area contributed by atoms with Crippen LogP contribution in [0.15, 0.2) is 182 Å². The van der Waals surface area contributed by atoms with Crippen molar-refractivity contribution >= 4 is 0 Å². The van der Waals surface area contributed by atoms with E-state index in [0.29, 0.717) is 0 Å². The summed E-state index contributed by atoms with van der Waals surface area (Å²) in [6.07, 6.45) is 0. The molecule has 40 heavy (non-hydrogen) atoms. The Kier molecular flexibility index (Phi) is 8.00. The van der Waals surface area contributed by atoms with Gasteiger partial charge in [-0.15, -0.1) is 0 Å². The molecule has 6 aromatic rings. The van der Waals surface area contributed by atoms with Crippen LogP contribution in [0.5, 0.6) is 0 Å². The Morgan fingerprint density at radius 3 is 0.550 bits per heavy atom. The van der Waals surface area contributed by atoms with Gasteiger partial charge in [0.25, 0.3) is 0 Å². The average Bonchev–Trinajstić information content (AvgIpc) is 3.04. The summed E-state index contributed by atoms with van der Waals surface area (Å²) in [6, 6.07) is 63.5. The second-order valence-electron chi connectivity index (χ2n) is 9.66. The van der Waals surface area contributed by atoms with Crippen molar-refractivity contribution < 1.29 is 9.44 Å². The highest BCUT2D eigenvalue weighted by atomic mass is 19.0. The van der Waals surface area contributed by atoms with Gasteiger partial charge in [0.1, 0.15) is 11.2 Å². The molecule has 0 aliphatic carbocycles. The minimum Gasteiger partial charge on any atom is -0.340 e. The predicted molar refractivity (Wildman–Crippen MR) is 162 cm³/mol. The zero-order chi connectivity index (χ0) is 26.4. The Balaban J connectivity index is 0.00000323. The first-order valence-electron chi connectivity index (χ1n) is 13.4. The Hall–Kier alpha value is -4.79. The SMILES string of the molecule is F.c1ccc(C(OC(c2ccccc2)(c2ccccc2)c2ccccc2)(c2ccccc2)c2ccccc2)cc1. The normalized spacial score (nSPS) is 11.4. The summed E-state index contributed by atoms with van der Waals surface area (Å²) in [7, 11) is 0. The van der Waals surface area contributed by atoms with Gasteiger partial charge in [0.05, 0.1) is 0 Å². The highest BCUT2D eigenvalue weighted by molar-refractivity contribution is 5.52. The molecular formula is C38H31FO. The van der Waals surface area contributed by atoms with E-state index in [2.05, 4.69) is 182 Å². The summed E-state index contributed by atoms with van der Waals surface area (Å²) in [5, 5.41) is 0. The van der Waals surface area contributed by atoms with Gasteiger partial charge in [-0.2, -0.15) is 0 Å². The van der Waals surface area contributed by atoms with Gasteiger partial charge in [0.15, 0.2) is 0 Å². The van der Waals surface area contributed by atoms with E-state index in [1.54, 1.807) is 0 Å². The minimum absolute atomic E-state index is 0. The van der Waals surface area contributed by atoms with Crippen LogP contribution in [-0.4, -0.2) is 0 Å². The lowest BCUT2D eigenvalue weighted by Gasteiger charge is -2.46. The number of halogens is 1. The molecule has 0 aromatic heterocycles. The van der Waals surface area contributed by atoms with Gasteiger partial charge in [-0.05, 0) is 33.4 Å². The van der Waals surface area contributed by atoms with Crippen LogP contribution in [0.25, 0.3) is 0 Å². The molecule has 6 rings (SSSR count). The molecule has 0 bridgehead atoms. The molecule has 0 radical (unpaired) electrons. The standard InChI is InChI=1S/C38H30O.FH/c1-7-19-31(20-8-1)37(32-21-9-2-10-22-32,33-23-11-3-12-24-33)39-38(34-25-13-4-14-26-34,35-27-15-5-16-28-35)36-29-17-6-18-30-36;/h1-30H;1H. The molecular weight excluding hydrogens is 491 g/mol. The fraction of sp³-hybridized carbons (Fsp3) is 0.0526. The number of hydrogen-bond acceptors (Lipinski definition) is 1. The molecule has 0 spiro atoms. The van der Waals surface area contributed by atoms with E-state index < -0.39 is 11.2 Å². The van der Waals surface area contributed by atoms with E-state index in [9.17, 15) is 0 Å². The maximum absolute atomic E-state index is 7.94. The van der Waals surface area contributed by atoms with E-state index >= 15 is 0 Å². The molecule has 2 heteroatoms. The molecule has 0 amide bonds. The summed E-state index contributed by atoms with van der Waals surface area (Å²) in [5.74, 6) is 0. The lowest BCUT2D eigenvalue weighted by atomic mass is 9.75. The van der Waals surface area contributed by atoms with E-state index in [1.807, 2.05) is 0 Å². The Labute approximate surface area is 235 Å². The lowest BCUT2D eigenvalue weighted by Crippen LogP contribution is -2.44. The lowest BCUT2D eigenvalue weighted by molar-refractivity contribution is -0.0810. The zero-order valence-electron chi connectivity index (χ0n) is 22.1. The Bertz CT molecular complexity index is 1270. The largest absolute Gasteiger partial charge is 0.340 e. The van der Waals surface area contributed by atoms with Crippen LogP contribution in [-0.2, 0) is 15.9 Å². The molecule has 0 N–H and O–H groups in total. The van der Waals surface area contributed by atoms with Crippen LogP contribution in [0.3, 0.4) is 0 Å². The van der Waals surface area contributed by atoms with Gasteiger partial charge in [-0.3, -0.25) is 4.70 Å². The molecule has 0 aliphatic rings. The molecule has 0 fully saturated rings. The average molecular weight is 523 g/mol. The smallest absolute Gasteiger partial charge is 0.145 e. The molecule has 0 saturated carbocycles. The van der Waals surface area contributed by atoms with Crippen molar-refractivity contribution in [3.05, 3.63) is 215 Å². The molecule has 0 saturated heterocycles. The molecule has 0 aliphatic heterocycles. The van der Waals surface area contributed by atoms with Crippen molar-refractivity contribution in [2.24, 2.45) is 0 Å². The van der Waals surface area contributed by atoms with Crippen LogP contribution >= 0.6 is 0 Å². The fourth-order valence-corrected chi connectivity index (χ4v) is 5.62. The molecule has 1 nitrogen and oxygen atoms in total. The first-order valence-corrected chi connectivity index (χ1v) is 13.4. The molecule has 6 aromatic carbocycles. The molecule has 0 unspecified atom stereocenters. The molecule has 0 atom stereocenters. The second-order valence-corrected chi connectivity index (χ2v) is 9.66. The van der Waals surface area contributed by atoms with Gasteiger partial charge in [-0.25, -0.2) is 0 Å². The zero-order valence-corrected chi connectivity index (χ0v) is 22.1. The van der Waals surface area contributed by atoms with Gasteiger partial charge in [0, 0.05) is 0 Å². The quantitative estimate of drug-likeness (QED) is 0.181. The number of ether oxygens (including phenoxy) is 1. The molecule has 196 valence electrons. The summed E-state index contributed by atoms with van der Waals surface area (Å²) in [5.41, 5.74) is 4.54. The second kappa shape index (κ2) is 11.9. The van der Waals surface area contributed by atoms with Crippen LogP contribution in [0.1, 0.15) is 33.4 Å². The third-order valence-electron chi connectivity index (χ3n) is 7.39. The number of rotatable bonds is 8. The van der Waals surface area contributed by atoms with Gasteiger partial charge >= 0.3 is 0 Å². The van der Waals surface area contributed by atoms with Crippen LogP contribution in [0.4, 0.5) is 4.70 Å². The topological polar surface area (TPSA) is 9.23 Å².